The van der Waals surface area contributed by atoms with Crippen molar-refractivity contribution in [2.75, 3.05) is 23.3 Å². The van der Waals surface area contributed by atoms with Gasteiger partial charge in [0.25, 0.3) is 0 Å². The van der Waals surface area contributed by atoms with Crippen molar-refractivity contribution in [2.45, 2.75) is 19.0 Å². The Morgan fingerprint density at radius 1 is 0.968 bits per heavy atom. The average Bonchev–Trinajstić information content (AvgIpc) is 2.79. The van der Waals surface area contributed by atoms with Gasteiger partial charge in [-0.15, -0.1) is 10.2 Å². The molecule has 1 atom stereocenters. The number of carbonyl (C=O) groups is 1. The fourth-order valence-corrected chi connectivity index (χ4v) is 3.73. The number of aromatic nitrogens is 2. The van der Waals surface area contributed by atoms with Gasteiger partial charge in [0.05, 0.1) is 22.9 Å². The molecule has 1 saturated heterocycles. The molecule has 0 bridgehead atoms. The summed E-state index contributed by atoms with van der Waals surface area (Å²) in [5.41, 5.74) is 0.641. The molecule has 0 spiro atoms. The van der Waals surface area contributed by atoms with E-state index in [0.29, 0.717) is 25.3 Å². The molecule has 1 amide bonds. The summed E-state index contributed by atoms with van der Waals surface area (Å²) in [5.74, 6) is -0.214. The normalized spacial score (nSPS) is 16.7. The predicted octanol–water partition coefficient (Wildman–Crippen LogP) is 5.02. The standard InChI is InChI=1S/C23H21F3N4O/c24-23(25,26)18-10-4-5-11-20(18)27-22(31)17-9-6-14-30(15-17)21-13-12-19(28-29-21)16-7-2-1-3-8-16/h1-5,7-8,10-13,17H,6,9,14-15H2,(H,27,31). The molecule has 0 radical (unpaired) electrons. The second-order valence-corrected chi connectivity index (χ2v) is 7.46. The van der Waals surface area contributed by atoms with Crippen molar-refractivity contribution in [3.05, 3.63) is 72.3 Å². The molecule has 1 aliphatic rings. The lowest BCUT2D eigenvalue weighted by Gasteiger charge is -2.32. The quantitative estimate of drug-likeness (QED) is 0.637. The van der Waals surface area contributed by atoms with Crippen LogP contribution in [0.1, 0.15) is 18.4 Å². The van der Waals surface area contributed by atoms with Gasteiger partial charge < -0.3 is 10.2 Å². The first kappa shape index (κ1) is 20.8. The van der Waals surface area contributed by atoms with Crippen molar-refractivity contribution in [1.29, 1.82) is 0 Å². The summed E-state index contributed by atoms with van der Waals surface area (Å²) in [6.45, 7) is 1.08. The molecule has 5 nitrogen and oxygen atoms in total. The fraction of sp³-hybridized carbons (Fsp3) is 0.261. The van der Waals surface area contributed by atoms with Crippen LogP contribution in [0.25, 0.3) is 11.3 Å². The molecule has 1 fully saturated rings. The first-order valence-corrected chi connectivity index (χ1v) is 10.0. The Labute approximate surface area is 177 Å². The van der Waals surface area contributed by atoms with Crippen LogP contribution in [-0.2, 0) is 11.0 Å². The Morgan fingerprint density at radius 3 is 2.42 bits per heavy atom. The Morgan fingerprint density at radius 2 is 1.71 bits per heavy atom. The zero-order valence-corrected chi connectivity index (χ0v) is 16.6. The lowest BCUT2D eigenvalue weighted by molar-refractivity contribution is -0.137. The summed E-state index contributed by atoms with van der Waals surface area (Å²) in [6.07, 6.45) is -3.19. The zero-order chi connectivity index (χ0) is 21.8. The van der Waals surface area contributed by atoms with Gasteiger partial charge in [0.15, 0.2) is 5.82 Å². The molecule has 160 valence electrons. The van der Waals surface area contributed by atoms with Gasteiger partial charge in [0.1, 0.15) is 0 Å². The van der Waals surface area contributed by atoms with Gasteiger partial charge in [-0.2, -0.15) is 13.2 Å². The number of amides is 1. The second kappa shape index (κ2) is 8.75. The Balaban J connectivity index is 1.45. The van der Waals surface area contributed by atoms with Crippen LogP contribution < -0.4 is 10.2 Å². The highest BCUT2D eigenvalue weighted by molar-refractivity contribution is 5.93. The number of rotatable bonds is 4. The molecular weight excluding hydrogens is 405 g/mol. The summed E-state index contributed by atoms with van der Waals surface area (Å²) < 4.78 is 39.6. The fourth-order valence-electron chi connectivity index (χ4n) is 3.73. The van der Waals surface area contributed by atoms with Gasteiger partial charge in [0.2, 0.25) is 5.91 Å². The van der Waals surface area contributed by atoms with E-state index in [0.717, 1.165) is 23.7 Å². The maximum atomic E-state index is 13.2. The minimum absolute atomic E-state index is 0.218. The van der Waals surface area contributed by atoms with Gasteiger partial charge in [-0.05, 0) is 37.1 Å². The van der Waals surface area contributed by atoms with Crippen LogP contribution in [0.15, 0.2) is 66.7 Å². The van der Waals surface area contributed by atoms with Crippen molar-refractivity contribution in [1.82, 2.24) is 10.2 Å². The molecule has 8 heteroatoms. The van der Waals surface area contributed by atoms with E-state index < -0.39 is 23.6 Å². The number of piperidine rings is 1. The van der Waals surface area contributed by atoms with Crippen molar-refractivity contribution in [3.8, 4) is 11.3 Å². The lowest BCUT2D eigenvalue weighted by Crippen LogP contribution is -2.41. The molecule has 1 unspecified atom stereocenters. The van der Waals surface area contributed by atoms with Crippen LogP contribution in [0, 0.1) is 5.92 Å². The Bertz CT molecular complexity index is 1040. The zero-order valence-electron chi connectivity index (χ0n) is 16.6. The third-order valence-electron chi connectivity index (χ3n) is 5.33. The number of nitrogens with one attached hydrogen (secondary N) is 1. The van der Waals surface area contributed by atoms with Crippen LogP contribution in [-0.4, -0.2) is 29.2 Å². The number of hydrogen-bond donors (Lipinski definition) is 1. The van der Waals surface area contributed by atoms with E-state index in [-0.39, 0.29) is 5.69 Å². The maximum Gasteiger partial charge on any atom is 0.418 e. The third-order valence-corrected chi connectivity index (χ3v) is 5.33. The van der Waals surface area contributed by atoms with Crippen LogP contribution in [0.4, 0.5) is 24.7 Å². The third kappa shape index (κ3) is 4.84. The number of hydrogen-bond acceptors (Lipinski definition) is 4. The van der Waals surface area contributed by atoms with Crippen molar-refractivity contribution < 1.29 is 18.0 Å². The number of benzene rings is 2. The topological polar surface area (TPSA) is 58.1 Å². The molecule has 2 heterocycles. The van der Waals surface area contributed by atoms with E-state index in [1.54, 1.807) is 0 Å². The first-order valence-electron chi connectivity index (χ1n) is 10.0. The predicted molar refractivity (Wildman–Crippen MR) is 112 cm³/mol. The van der Waals surface area contributed by atoms with Crippen molar-refractivity contribution >= 4 is 17.4 Å². The summed E-state index contributed by atoms with van der Waals surface area (Å²) >= 11 is 0. The highest BCUT2D eigenvalue weighted by Crippen LogP contribution is 2.35. The number of carbonyl (C=O) groups excluding carboxylic acids is 1. The number of halogens is 3. The summed E-state index contributed by atoms with van der Waals surface area (Å²) in [5, 5.41) is 11.0. The Hall–Kier alpha value is -3.42. The monoisotopic (exact) mass is 426 g/mol. The van der Waals surface area contributed by atoms with Gasteiger partial charge in [-0.25, -0.2) is 0 Å². The summed E-state index contributed by atoms with van der Waals surface area (Å²) in [4.78, 5) is 14.7. The summed E-state index contributed by atoms with van der Waals surface area (Å²) in [7, 11) is 0. The van der Waals surface area contributed by atoms with E-state index in [1.165, 1.54) is 18.2 Å². The molecule has 1 N–H and O–H groups in total. The number of anilines is 2. The van der Waals surface area contributed by atoms with Gasteiger partial charge >= 0.3 is 6.18 Å². The van der Waals surface area contributed by atoms with Gasteiger partial charge in [-0.3, -0.25) is 4.79 Å². The van der Waals surface area contributed by atoms with E-state index in [9.17, 15) is 18.0 Å². The van der Waals surface area contributed by atoms with E-state index in [2.05, 4.69) is 15.5 Å². The van der Waals surface area contributed by atoms with E-state index in [1.807, 2.05) is 47.4 Å². The average molecular weight is 426 g/mol. The molecule has 1 aliphatic heterocycles. The van der Waals surface area contributed by atoms with Crippen LogP contribution in [0.3, 0.4) is 0 Å². The highest BCUT2D eigenvalue weighted by Gasteiger charge is 2.34. The van der Waals surface area contributed by atoms with E-state index >= 15 is 0 Å². The Kier molecular flexibility index (Phi) is 5.88. The van der Waals surface area contributed by atoms with Crippen molar-refractivity contribution in [2.24, 2.45) is 5.92 Å². The summed E-state index contributed by atoms with van der Waals surface area (Å²) in [6, 6.07) is 18.4. The smallest absolute Gasteiger partial charge is 0.354 e. The largest absolute Gasteiger partial charge is 0.418 e. The van der Waals surface area contributed by atoms with Gasteiger partial charge in [0, 0.05) is 18.7 Å². The first-order chi connectivity index (χ1) is 14.9. The van der Waals surface area contributed by atoms with Crippen LogP contribution in [0.2, 0.25) is 0 Å². The molecule has 2 aromatic carbocycles. The highest BCUT2D eigenvalue weighted by atomic mass is 19.4. The molecule has 31 heavy (non-hydrogen) atoms. The van der Waals surface area contributed by atoms with Crippen LogP contribution >= 0.6 is 0 Å². The minimum atomic E-state index is -4.53. The SMILES string of the molecule is O=C(Nc1ccccc1C(F)(F)F)C1CCCN(c2ccc(-c3ccccc3)nn2)C1. The molecular formula is C23H21F3N4O. The molecule has 4 rings (SSSR count). The lowest BCUT2D eigenvalue weighted by atomic mass is 9.96. The molecule has 0 saturated carbocycles. The van der Waals surface area contributed by atoms with Crippen LogP contribution in [0.5, 0.6) is 0 Å². The van der Waals surface area contributed by atoms with E-state index in [4.69, 9.17) is 0 Å². The molecule has 0 aliphatic carbocycles. The molecule has 1 aromatic heterocycles. The van der Waals surface area contributed by atoms with Crippen molar-refractivity contribution in [3.63, 3.8) is 0 Å². The number of nitrogens with zero attached hydrogens (tertiary/aromatic N) is 3. The number of alkyl halides is 3. The number of para-hydroxylation sites is 1. The van der Waals surface area contributed by atoms with Gasteiger partial charge in [-0.1, -0.05) is 42.5 Å². The minimum Gasteiger partial charge on any atom is -0.354 e. The second-order valence-electron chi connectivity index (χ2n) is 7.46. The molecule has 3 aromatic rings. The maximum absolute atomic E-state index is 13.2.